The first-order valence-electron chi connectivity index (χ1n) is 10.5. The number of nitrogens with zero attached hydrogens (tertiary/aromatic N) is 1. The molecule has 0 radical (unpaired) electrons. The number of thiophene rings is 1. The topological polar surface area (TPSA) is 96.7 Å². The van der Waals surface area contributed by atoms with E-state index in [1.807, 2.05) is 62.4 Å². The van der Waals surface area contributed by atoms with Crippen molar-refractivity contribution >= 4 is 56.9 Å². The van der Waals surface area contributed by atoms with Gasteiger partial charge in [0.2, 0.25) is 0 Å². The van der Waals surface area contributed by atoms with E-state index in [4.69, 9.17) is 16.3 Å². The predicted octanol–water partition coefficient (Wildman–Crippen LogP) is 4.79. The van der Waals surface area contributed by atoms with Gasteiger partial charge in [0.05, 0.1) is 13.7 Å². The molecule has 11 heteroatoms. The van der Waals surface area contributed by atoms with Crippen LogP contribution in [0.3, 0.4) is 0 Å². The second-order valence-corrected chi connectivity index (χ2v) is 12.7. The molecule has 0 bridgehead atoms. The van der Waals surface area contributed by atoms with Gasteiger partial charge in [-0.2, -0.15) is 8.42 Å². The summed E-state index contributed by atoms with van der Waals surface area (Å²) in [7, 11) is -4.93. The molecule has 0 aliphatic carbocycles. The quantitative estimate of drug-likeness (QED) is 0.133. The van der Waals surface area contributed by atoms with Gasteiger partial charge in [-0.25, -0.2) is 0 Å². The maximum absolute atomic E-state index is 12.0. The van der Waals surface area contributed by atoms with Crippen LogP contribution in [0.15, 0.2) is 77.0 Å². The fourth-order valence-corrected chi connectivity index (χ4v) is 9.83. The molecule has 37 heavy (non-hydrogen) atoms. The summed E-state index contributed by atoms with van der Waals surface area (Å²) in [5, 5.41) is 13.1. The number of methoxy groups -OCH3 is 1. The third kappa shape index (κ3) is 8.41. The normalized spacial score (nSPS) is 11.3. The second-order valence-electron chi connectivity index (χ2n) is 7.53. The molecule has 6 nitrogen and oxygen atoms in total. The fraction of sp³-hybridized carbons (Fsp3) is 0.154. The minimum atomic E-state index is -4.46. The Labute approximate surface area is 242 Å². The van der Waals surface area contributed by atoms with Gasteiger partial charge in [-0.05, 0) is 44.2 Å². The summed E-state index contributed by atoms with van der Waals surface area (Å²) in [6.07, 6.45) is 0. The van der Waals surface area contributed by atoms with Crippen molar-refractivity contribution in [3.8, 4) is 5.75 Å². The van der Waals surface area contributed by atoms with E-state index in [9.17, 15) is 18.1 Å². The van der Waals surface area contributed by atoms with Crippen LogP contribution >= 0.6 is 30.9 Å². The van der Waals surface area contributed by atoms with Crippen LogP contribution in [0.4, 0.5) is 0 Å². The van der Waals surface area contributed by atoms with Gasteiger partial charge in [-0.15, -0.1) is 11.3 Å². The Kier molecular flexibility index (Phi) is 13.6. The summed E-state index contributed by atoms with van der Waals surface area (Å²) in [6, 6.07) is 20.5. The second kappa shape index (κ2) is 15.1. The smallest absolute Gasteiger partial charge is 0.299 e. The maximum atomic E-state index is 12.0. The molecule has 0 amide bonds. The number of aliphatic hydroxyl groups is 1. The molecule has 0 saturated heterocycles. The van der Waals surface area contributed by atoms with Gasteiger partial charge in [0.15, 0.2) is 11.1 Å². The first kappa shape index (κ1) is 33.4. The van der Waals surface area contributed by atoms with Crippen molar-refractivity contribution in [2.24, 2.45) is 0 Å². The number of pyridine rings is 1. The molecule has 202 valence electrons. The summed E-state index contributed by atoms with van der Waals surface area (Å²) in [5.74, 6) is 0.586. The minimum absolute atomic E-state index is 0. The zero-order valence-electron chi connectivity index (χ0n) is 20.7. The number of para-hydroxylation sites is 1. The molecule has 4 rings (SSSR count). The van der Waals surface area contributed by atoms with Crippen LogP contribution < -0.4 is 20.7 Å². The van der Waals surface area contributed by atoms with Gasteiger partial charge in [-0.1, -0.05) is 48.0 Å². The first-order chi connectivity index (χ1) is 16.7. The summed E-state index contributed by atoms with van der Waals surface area (Å²) in [4.78, 5) is 3.97. The Bertz CT molecular complexity index is 1350. The Morgan fingerprint density at radius 3 is 2.05 bits per heavy atom. The molecule has 2 heterocycles. The number of ether oxygens (including phenoxy) is 1. The van der Waals surface area contributed by atoms with E-state index in [0.717, 1.165) is 33.3 Å². The molecule has 0 spiro atoms. The summed E-state index contributed by atoms with van der Waals surface area (Å²) in [6.45, 7) is 3.78. The van der Waals surface area contributed by atoms with E-state index in [1.54, 1.807) is 18.2 Å². The van der Waals surface area contributed by atoms with Crippen LogP contribution in [0, 0.1) is 21.3 Å². The largest absolute Gasteiger partial charge is 0.493 e. The van der Waals surface area contributed by atoms with Crippen molar-refractivity contribution in [2.75, 3.05) is 7.11 Å². The van der Waals surface area contributed by atoms with Crippen LogP contribution in [0.2, 0.25) is 4.34 Å². The Hall–Kier alpha value is -1.66. The molecule has 2 aromatic heterocycles. The van der Waals surface area contributed by atoms with Gasteiger partial charge < -0.3 is 17.3 Å². The first-order valence-corrected chi connectivity index (χ1v) is 14.7. The average Bonchev–Trinajstić information content (AvgIpc) is 3.22. The molecular formula is C26H29ClNO5PPdS2. The van der Waals surface area contributed by atoms with Crippen LogP contribution in [0.5, 0.6) is 5.75 Å². The zero-order chi connectivity index (χ0) is 25.6. The fourth-order valence-electron chi connectivity index (χ4n) is 3.58. The van der Waals surface area contributed by atoms with Gasteiger partial charge in [-0.3, -0.25) is 9.54 Å². The molecule has 4 aromatic rings. The molecule has 0 aliphatic rings. The number of aromatic nitrogens is 1. The minimum Gasteiger partial charge on any atom is -0.493 e. The van der Waals surface area contributed by atoms with E-state index < -0.39 is 18.0 Å². The van der Waals surface area contributed by atoms with Crippen LogP contribution in [0.25, 0.3) is 0 Å². The predicted molar refractivity (Wildman–Crippen MR) is 152 cm³/mol. The third-order valence-electron chi connectivity index (χ3n) is 5.10. The van der Waals surface area contributed by atoms with Crippen LogP contribution in [-0.4, -0.2) is 30.2 Å². The van der Waals surface area contributed by atoms with Crippen molar-refractivity contribution in [1.29, 1.82) is 0 Å². The summed E-state index contributed by atoms with van der Waals surface area (Å²) < 4.78 is 39.5. The molecule has 0 aliphatic heterocycles. The van der Waals surface area contributed by atoms with Crippen molar-refractivity contribution in [1.82, 2.24) is 4.98 Å². The number of aliphatic hydroxyl groups excluding tert-OH is 1. The molecule has 2 aromatic carbocycles. The van der Waals surface area contributed by atoms with Crippen molar-refractivity contribution in [3.05, 3.63) is 101 Å². The van der Waals surface area contributed by atoms with Crippen LogP contribution in [0.1, 0.15) is 17.0 Å². The Morgan fingerprint density at radius 2 is 1.54 bits per heavy atom. The molecule has 1 atom stereocenters. The van der Waals surface area contributed by atoms with E-state index in [2.05, 4.69) is 4.98 Å². The number of benzene rings is 2. The summed E-state index contributed by atoms with van der Waals surface area (Å²) >= 11 is 7.45. The molecule has 0 saturated carbocycles. The number of halogens is 1. The molecule has 2 N–H and O–H groups in total. The van der Waals surface area contributed by atoms with E-state index >= 15 is 0 Å². The standard InChI is InChI=1S/C18H16ClO5PS2.C7H9N.CH3.Pd/c1-24-13-7-3-5-9-15(13)25(14-8-4-2-6-12(14)10-20)17-16(27(21,22)23)11-26-18(17)19;1-6-4-3-5-7(2)8-6;;/h2-9,11,20H,10H2,1H3,(H,21,22,23);3-5H,1-2H3;1H3;/q;;-1;/p+1. The Balaban J connectivity index is 0.000000588. The molecule has 1 unspecified atom stereocenters. The van der Waals surface area contributed by atoms with Gasteiger partial charge in [0.1, 0.15) is 27.8 Å². The number of hydrogen-bond acceptors (Lipinski definition) is 6. The third-order valence-corrected chi connectivity index (χ3v) is 10.9. The van der Waals surface area contributed by atoms with E-state index in [1.165, 1.54) is 12.5 Å². The number of rotatable bonds is 6. The SMILES string of the molecule is COc1ccccc1[PH+](c1ccccc1CO)c1c(S(=O)(=O)O)csc1Cl.Cc1cccc(C)n1.[CH3-].[Pd]. The van der Waals surface area contributed by atoms with Crippen molar-refractivity contribution in [3.63, 3.8) is 0 Å². The van der Waals surface area contributed by atoms with Gasteiger partial charge >= 0.3 is 0 Å². The van der Waals surface area contributed by atoms with E-state index in [-0.39, 0.29) is 43.7 Å². The number of hydrogen-bond donors (Lipinski definition) is 2. The molecule has 0 fully saturated rings. The van der Waals surface area contributed by atoms with Gasteiger partial charge in [0, 0.05) is 42.8 Å². The van der Waals surface area contributed by atoms with Crippen LogP contribution in [-0.2, 0) is 37.1 Å². The summed E-state index contributed by atoms with van der Waals surface area (Å²) in [5.41, 5.74) is 2.84. The monoisotopic (exact) mass is 671 g/mol. The molecular weight excluding hydrogens is 643 g/mol. The van der Waals surface area contributed by atoms with Gasteiger partial charge in [0.25, 0.3) is 10.1 Å². The average molecular weight is 673 g/mol. The zero-order valence-corrected chi connectivity index (χ0v) is 25.7. The number of aryl methyl sites for hydroxylation is 2. The Morgan fingerprint density at radius 1 is 0.973 bits per heavy atom. The van der Waals surface area contributed by atoms with E-state index in [0.29, 0.717) is 16.6 Å². The maximum Gasteiger partial charge on any atom is 0.299 e. The van der Waals surface area contributed by atoms with Crippen molar-refractivity contribution < 1.29 is 43.2 Å². The van der Waals surface area contributed by atoms with Crippen molar-refractivity contribution in [2.45, 2.75) is 25.3 Å².